The summed E-state index contributed by atoms with van der Waals surface area (Å²) < 4.78 is 4.90. The van der Waals surface area contributed by atoms with Crippen LogP contribution in [0.5, 0.6) is 0 Å². The highest BCUT2D eigenvalue weighted by Gasteiger charge is 2.10. The molecule has 2 aromatic heterocycles. The van der Waals surface area contributed by atoms with Gasteiger partial charge in [0.05, 0.1) is 6.54 Å². The van der Waals surface area contributed by atoms with Crippen LogP contribution >= 0.6 is 0 Å². The summed E-state index contributed by atoms with van der Waals surface area (Å²) in [5, 5.41) is 15.7. The maximum Gasteiger partial charge on any atom is 0.339 e. The molecule has 0 spiro atoms. The first-order chi connectivity index (χ1) is 8.16. The SMILES string of the molecule is Cc1cc(CNc2ncccc2C(=O)O)no1. The molecule has 17 heavy (non-hydrogen) atoms. The topological polar surface area (TPSA) is 88.2 Å². The Kier molecular flexibility index (Phi) is 3.04. The van der Waals surface area contributed by atoms with E-state index in [4.69, 9.17) is 9.63 Å². The highest BCUT2D eigenvalue weighted by Crippen LogP contribution is 2.12. The second-order valence-corrected chi connectivity index (χ2v) is 3.49. The second-order valence-electron chi connectivity index (χ2n) is 3.49. The van der Waals surface area contributed by atoms with Crippen molar-refractivity contribution in [1.29, 1.82) is 0 Å². The summed E-state index contributed by atoms with van der Waals surface area (Å²) in [6, 6.07) is 4.84. The van der Waals surface area contributed by atoms with E-state index in [0.717, 1.165) is 0 Å². The molecule has 0 aliphatic heterocycles. The minimum absolute atomic E-state index is 0.132. The van der Waals surface area contributed by atoms with Crippen LogP contribution in [0.15, 0.2) is 28.9 Å². The van der Waals surface area contributed by atoms with E-state index in [2.05, 4.69) is 15.5 Å². The molecule has 0 aromatic carbocycles. The Morgan fingerprint density at radius 1 is 1.59 bits per heavy atom. The summed E-state index contributed by atoms with van der Waals surface area (Å²) in [5.74, 6) is 0.0128. The molecular weight excluding hydrogens is 222 g/mol. The fraction of sp³-hybridized carbons (Fsp3) is 0.182. The molecule has 88 valence electrons. The third-order valence-electron chi connectivity index (χ3n) is 2.15. The Labute approximate surface area is 97.3 Å². The van der Waals surface area contributed by atoms with Crippen molar-refractivity contribution in [3.63, 3.8) is 0 Å². The van der Waals surface area contributed by atoms with Crippen LogP contribution < -0.4 is 5.32 Å². The van der Waals surface area contributed by atoms with Gasteiger partial charge in [0.15, 0.2) is 0 Å². The van der Waals surface area contributed by atoms with Gasteiger partial charge in [-0.3, -0.25) is 0 Å². The highest BCUT2D eigenvalue weighted by atomic mass is 16.5. The van der Waals surface area contributed by atoms with Crippen LogP contribution in [0.4, 0.5) is 5.82 Å². The molecular formula is C11H11N3O3. The Morgan fingerprint density at radius 2 is 2.41 bits per heavy atom. The normalized spacial score (nSPS) is 10.2. The van der Waals surface area contributed by atoms with Gasteiger partial charge >= 0.3 is 5.97 Å². The van der Waals surface area contributed by atoms with E-state index in [-0.39, 0.29) is 5.56 Å². The van der Waals surface area contributed by atoms with Gasteiger partial charge in [0.2, 0.25) is 0 Å². The third-order valence-corrected chi connectivity index (χ3v) is 2.15. The van der Waals surface area contributed by atoms with Gasteiger partial charge in [-0.1, -0.05) is 5.16 Å². The molecule has 0 amide bonds. The van der Waals surface area contributed by atoms with E-state index in [1.54, 1.807) is 19.1 Å². The predicted molar refractivity (Wildman–Crippen MR) is 59.8 cm³/mol. The molecule has 2 heterocycles. The van der Waals surface area contributed by atoms with Crippen molar-refractivity contribution in [3.8, 4) is 0 Å². The fourth-order valence-corrected chi connectivity index (χ4v) is 1.39. The van der Waals surface area contributed by atoms with E-state index in [1.165, 1.54) is 12.3 Å². The van der Waals surface area contributed by atoms with Gasteiger partial charge in [-0.25, -0.2) is 9.78 Å². The van der Waals surface area contributed by atoms with E-state index >= 15 is 0 Å². The maximum absolute atomic E-state index is 10.9. The lowest BCUT2D eigenvalue weighted by molar-refractivity contribution is 0.0697. The zero-order valence-electron chi connectivity index (χ0n) is 9.17. The third kappa shape index (κ3) is 2.60. The van der Waals surface area contributed by atoms with Gasteiger partial charge < -0.3 is 14.9 Å². The van der Waals surface area contributed by atoms with E-state index in [0.29, 0.717) is 23.8 Å². The van der Waals surface area contributed by atoms with Crippen LogP contribution in [0.2, 0.25) is 0 Å². The number of carboxylic acids is 1. The molecule has 0 bridgehead atoms. The molecule has 6 nitrogen and oxygen atoms in total. The van der Waals surface area contributed by atoms with E-state index < -0.39 is 5.97 Å². The molecule has 0 aliphatic carbocycles. The van der Waals surface area contributed by atoms with Crippen molar-refractivity contribution >= 4 is 11.8 Å². The van der Waals surface area contributed by atoms with Gasteiger partial charge in [0, 0.05) is 12.3 Å². The van der Waals surface area contributed by atoms with Crippen molar-refractivity contribution in [2.75, 3.05) is 5.32 Å². The number of pyridine rings is 1. The number of nitrogens with zero attached hydrogens (tertiary/aromatic N) is 2. The first kappa shape index (κ1) is 11.1. The average molecular weight is 233 g/mol. The molecule has 0 unspecified atom stereocenters. The fourth-order valence-electron chi connectivity index (χ4n) is 1.39. The number of hydrogen-bond donors (Lipinski definition) is 2. The molecule has 0 saturated heterocycles. The van der Waals surface area contributed by atoms with Crippen molar-refractivity contribution in [2.24, 2.45) is 0 Å². The lowest BCUT2D eigenvalue weighted by atomic mass is 10.2. The minimum atomic E-state index is -1.02. The minimum Gasteiger partial charge on any atom is -0.478 e. The van der Waals surface area contributed by atoms with Crippen molar-refractivity contribution in [2.45, 2.75) is 13.5 Å². The van der Waals surface area contributed by atoms with Crippen molar-refractivity contribution < 1.29 is 14.4 Å². The van der Waals surface area contributed by atoms with E-state index in [1.807, 2.05) is 0 Å². The van der Waals surface area contributed by atoms with Gasteiger partial charge in [0.1, 0.15) is 22.8 Å². The number of aromatic nitrogens is 2. The second kappa shape index (κ2) is 4.65. The molecule has 2 rings (SSSR count). The van der Waals surface area contributed by atoms with Crippen LogP contribution in [0.1, 0.15) is 21.8 Å². The summed E-state index contributed by atoms with van der Waals surface area (Å²) in [6.45, 7) is 2.16. The lowest BCUT2D eigenvalue weighted by Gasteiger charge is -2.05. The Morgan fingerprint density at radius 3 is 3.06 bits per heavy atom. The predicted octanol–water partition coefficient (Wildman–Crippen LogP) is 1.69. The van der Waals surface area contributed by atoms with Crippen molar-refractivity contribution in [1.82, 2.24) is 10.1 Å². The van der Waals surface area contributed by atoms with E-state index in [9.17, 15) is 4.79 Å². The Bertz CT molecular complexity index is 536. The molecule has 0 radical (unpaired) electrons. The zero-order chi connectivity index (χ0) is 12.3. The molecule has 0 atom stereocenters. The first-order valence-corrected chi connectivity index (χ1v) is 5.01. The monoisotopic (exact) mass is 233 g/mol. The number of anilines is 1. The Hall–Kier alpha value is -2.37. The highest BCUT2D eigenvalue weighted by molar-refractivity contribution is 5.92. The van der Waals surface area contributed by atoms with Crippen LogP contribution in [0, 0.1) is 6.92 Å². The number of hydrogen-bond acceptors (Lipinski definition) is 5. The molecule has 6 heteroatoms. The summed E-state index contributed by atoms with van der Waals surface area (Å²) in [4.78, 5) is 14.9. The molecule has 0 aliphatic rings. The molecule has 0 saturated carbocycles. The quantitative estimate of drug-likeness (QED) is 0.835. The lowest BCUT2D eigenvalue weighted by Crippen LogP contribution is -2.08. The number of rotatable bonds is 4. The van der Waals surface area contributed by atoms with Crippen LogP contribution in [-0.2, 0) is 6.54 Å². The van der Waals surface area contributed by atoms with Crippen LogP contribution in [0.25, 0.3) is 0 Å². The van der Waals surface area contributed by atoms with Gasteiger partial charge in [0.25, 0.3) is 0 Å². The average Bonchev–Trinajstić information content (AvgIpc) is 2.73. The van der Waals surface area contributed by atoms with Gasteiger partial charge in [-0.05, 0) is 19.1 Å². The smallest absolute Gasteiger partial charge is 0.339 e. The number of carboxylic acid groups (broad SMARTS) is 1. The maximum atomic E-state index is 10.9. The zero-order valence-corrected chi connectivity index (χ0v) is 9.17. The largest absolute Gasteiger partial charge is 0.478 e. The first-order valence-electron chi connectivity index (χ1n) is 5.01. The summed E-state index contributed by atoms with van der Waals surface area (Å²) in [5.41, 5.74) is 0.831. The van der Waals surface area contributed by atoms with Crippen LogP contribution in [-0.4, -0.2) is 21.2 Å². The number of aromatic carboxylic acids is 1. The van der Waals surface area contributed by atoms with Gasteiger partial charge in [-0.2, -0.15) is 0 Å². The molecule has 2 N–H and O–H groups in total. The molecule has 0 fully saturated rings. The standard InChI is InChI=1S/C11H11N3O3/c1-7-5-8(14-17-7)6-13-10-9(11(15)16)3-2-4-12-10/h2-5H,6H2,1H3,(H,12,13)(H,15,16). The summed E-state index contributed by atoms with van der Waals surface area (Å²) in [6.07, 6.45) is 1.53. The molecule has 2 aromatic rings. The summed E-state index contributed by atoms with van der Waals surface area (Å²) in [7, 11) is 0. The van der Waals surface area contributed by atoms with Crippen LogP contribution in [0.3, 0.4) is 0 Å². The number of carbonyl (C=O) groups is 1. The van der Waals surface area contributed by atoms with Crippen molar-refractivity contribution in [3.05, 3.63) is 41.4 Å². The summed E-state index contributed by atoms with van der Waals surface area (Å²) >= 11 is 0. The Balaban J connectivity index is 2.11. The number of nitrogens with one attached hydrogen (secondary N) is 1. The number of aryl methyl sites for hydroxylation is 1. The van der Waals surface area contributed by atoms with Gasteiger partial charge in [-0.15, -0.1) is 0 Å².